The van der Waals surface area contributed by atoms with Gasteiger partial charge >= 0.3 is 0 Å². The molecule has 0 radical (unpaired) electrons. The molecule has 0 aromatic heterocycles. The second-order valence-corrected chi connectivity index (χ2v) is 14.9. The molecular formula is C45H50ClNO6. The first-order valence-electron chi connectivity index (χ1n) is 17.8. The Balaban J connectivity index is 0.000000215. The number of aromatic hydroxyl groups is 1. The van der Waals surface area contributed by atoms with E-state index in [0.29, 0.717) is 34.8 Å². The van der Waals surface area contributed by atoms with E-state index in [4.69, 9.17) is 14.2 Å². The number of methoxy groups -OCH3 is 1. The molecule has 7 rings (SSSR count). The van der Waals surface area contributed by atoms with Crippen LogP contribution in [0.1, 0.15) is 83.4 Å². The lowest BCUT2D eigenvalue weighted by atomic mass is 9.89. The van der Waals surface area contributed by atoms with Gasteiger partial charge in [-0.05, 0) is 106 Å². The van der Waals surface area contributed by atoms with Crippen LogP contribution in [0.15, 0.2) is 84.9 Å². The fourth-order valence-electron chi connectivity index (χ4n) is 6.81. The Labute approximate surface area is 319 Å². The first-order valence-corrected chi connectivity index (χ1v) is 17.8. The fourth-order valence-corrected chi connectivity index (χ4v) is 6.81. The van der Waals surface area contributed by atoms with Crippen molar-refractivity contribution in [1.29, 1.82) is 0 Å². The number of carbonyl (C=O) groups excluding carboxylic acids is 1. The number of halogens is 1. The normalized spacial score (nSPS) is 16.8. The molecule has 0 amide bonds. The number of carbonyl (C=O) groups is 1. The minimum absolute atomic E-state index is 0. The summed E-state index contributed by atoms with van der Waals surface area (Å²) in [6.45, 7) is 8.59. The number of aliphatic hydroxyl groups is 1. The Morgan fingerprint density at radius 2 is 1.55 bits per heavy atom. The number of phenolic OH excluding ortho intramolecular Hbond substituents is 1. The van der Waals surface area contributed by atoms with Crippen molar-refractivity contribution in [3.05, 3.63) is 129 Å². The highest BCUT2D eigenvalue weighted by molar-refractivity contribution is 6.01. The van der Waals surface area contributed by atoms with Crippen molar-refractivity contribution in [2.24, 2.45) is 0 Å². The summed E-state index contributed by atoms with van der Waals surface area (Å²) in [5.41, 5.74) is 7.83. The summed E-state index contributed by atoms with van der Waals surface area (Å²) in [6.07, 6.45) is 11.5. The van der Waals surface area contributed by atoms with E-state index in [9.17, 15) is 15.0 Å². The molecule has 0 saturated carbocycles. The van der Waals surface area contributed by atoms with Gasteiger partial charge in [-0.2, -0.15) is 0 Å². The summed E-state index contributed by atoms with van der Waals surface area (Å²) in [5, 5.41) is 20.8. The van der Waals surface area contributed by atoms with Crippen molar-refractivity contribution < 1.29 is 29.2 Å². The Kier molecular flexibility index (Phi) is 11.9. The maximum Gasteiger partial charge on any atom is 0.171 e. The number of ketones is 1. The van der Waals surface area contributed by atoms with Gasteiger partial charge < -0.3 is 29.3 Å². The summed E-state index contributed by atoms with van der Waals surface area (Å²) in [7, 11) is 5.80. The van der Waals surface area contributed by atoms with E-state index < -0.39 is 17.3 Å². The van der Waals surface area contributed by atoms with Crippen LogP contribution in [0, 0.1) is 0 Å². The van der Waals surface area contributed by atoms with Crippen LogP contribution < -0.4 is 14.2 Å². The zero-order valence-corrected chi connectivity index (χ0v) is 32.4. The molecule has 0 spiro atoms. The zero-order valence-electron chi connectivity index (χ0n) is 31.6. The molecule has 0 fully saturated rings. The average molecular weight is 736 g/mol. The van der Waals surface area contributed by atoms with Crippen molar-refractivity contribution >= 4 is 42.0 Å². The maximum absolute atomic E-state index is 13.1. The molecule has 2 aliphatic heterocycles. The van der Waals surface area contributed by atoms with Crippen LogP contribution in [0.5, 0.6) is 23.0 Å². The third-order valence-corrected chi connectivity index (χ3v) is 9.75. The van der Waals surface area contributed by atoms with Gasteiger partial charge in [0.2, 0.25) is 0 Å². The number of Topliss-reactive ketones (excluding diaryl/α,β-unsaturated/α-hetero) is 1. The molecule has 8 heteroatoms. The topological polar surface area (TPSA) is 88.5 Å². The van der Waals surface area contributed by atoms with Crippen molar-refractivity contribution in [2.75, 3.05) is 27.7 Å². The number of fused-ring (bicyclic) bond motifs is 4. The molecule has 278 valence electrons. The third-order valence-electron chi connectivity index (χ3n) is 9.75. The number of benzene rings is 4. The molecule has 3 aliphatic rings. The lowest BCUT2D eigenvalue weighted by Crippen LogP contribution is -2.46. The van der Waals surface area contributed by atoms with Crippen molar-refractivity contribution in [3.63, 3.8) is 0 Å². The minimum atomic E-state index is -0.758. The summed E-state index contributed by atoms with van der Waals surface area (Å²) >= 11 is 0. The smallest absolute Gasteiger partial charge is 0.171 e. The van der Waals surface area contributed by atoms with Crippen LogP contribution in [0.3, 0.4) is 0 Å². The molecule has 53 heavy (non-hydrogen) atoms. The summed E-state index contributed by atoms with van der Waals surface area (Å²) < 4.78 is 17.4. The van der Waals surface area contributed by atoms with Gasteiger partial charge in [0.1, 0.15) is 34.2 Å². The average Bonchev–Trinajstić information content (AvgIpc) is 3.25. The predicted molar refractivity (Wildman–Crippen MR) is 217 cm³/mol. The highest BCUT2D eigenvalue weighted by Gasteiger charge is 2.36. The quantitative estimate of drug-likeness (QED) is 0.161. The predicted octanol–water partition coefficient (Wildman–Crippen LogP) is 9.06. The van der Waals surface area contributed by atoms with E-state index in [1.165, 1.54) is 33.9 Å². The molecule has 2 heterocycles. The van der Waals surface area contributed by atoms with Crippen LogP contribution in [-0.4, -0.2) is 66.0 Å². The second-order valence-electron chi connectivity index (χ2n) is 14.9. The van der Waals surface area contributed by atoms with Crippen molar-refractivity contribution in [3.8, 4) is 23.0 Å². The van der Waals surface area contributed by atoms with E-state index in [1.807, 2.05) is 38.1 Å². The van der Waals surface area contributed by atoms with Crippen molar-refractivity contribution in [1.82, 2.24) is 4.90 Å². The van der Waals surface area contributed by atoms with Gasteiger partial charge in [0, 0.05) is 31.0 Å². The fraction of sp³-hybridized carbons (Fsp3) is 0.311. The number of ether oxygens (including phenoxy) is 3. The number of rotatable bonds is 7. The molecule has 0 saturated heterocycles. The van der Waals surface area contributed by atoms with Gasteiger partial charge in [-0.15, -0.1) is 12.4 Å². The van der Waals surface area contributed by atoms with Gasteiger partial charge in [-0.1, -0.05) is 72.8 Å². The number of hydrogen-bond donors (Lipinski definition) is 2. The second kappa shape index (κ2) is 16.0. The van der Waals surface area contributed by atoms with Gasteiger partial charge in [0.25, 0.3) is 0 Å². The Morgan fingerprint density at radius 3 is 2.17 bits per heavy atom. The van der Waals surface area contributed by atoms with Gasteiger partial charge in [0.15, 0.2) is 5.78 Å². The number of nitrogens with zero attached hydrogens (tertiary/aromatic N) is 1. The van der Waals surface area contributed by atoms with Crippen LogP contribution in [0.25, 0.3) is 23.8 Å². The maximum atomic E-state index is 13.1. The molecule has 2 N–H and O–H groups in total. The molecule has 1 atom stereocenters. The minimum Gasteiger partial charge on any atom is -0.507 e. The van der Waals surface area contributed by atoms with E-state index in [0.717, 1.165) is 18.5 Å². The monoisotopic (exact) mass is 735 g/mol. The van der Waals surface area contributed by atoms with Gasteiger partial charge in [0.05, 0.1) is 24.3 Å². The summed E-state index contributed by atoms with van der Waals surface area (Å²) in [6, 6.07) is 24.0. The number of hydrogen-bond acceptors (Lipinski definition) is 7. The first kappa shape index (κ1) is 39.4. The van der Waals surface area contributed by atoms with Crippen LogP contribution in [0.4, 0.5) is 0 Å². The van der Waals surface area contributed by atoms with E-state index >= 15 is 0 Å². The zero-order chi connectivity index (χ0) is 37.2. The summed E-state index contributed by atoms with van der Waals surface area (Å²) in [5.74, 6) is 1.37. The van der Waals surface area contributed by atoms with E-state index in [2.05, 4.69) is 85.8 Å². The van der Waals surface area contributed by atoms with Gasteiger partial charge in [-0.3, -0.25) is 4.79 Å². The molecule has 7 nitrogen and oxygen atoms in total. The van der Waals surface area contributed by atoms with Crippen LogP contribution in [0.2, 0.25) is 0 Å². The SMILES string of the molecule is CN(C)CCC=C1c2ccccc2C=Cc2ccccc21.COc1c(CC(=O)c2cc3c(cc2O)OC(C)(C)C(O)C3)ccc2c1C=CC(C)(C)O2.Cl. The summed E-state index contributed by atoms with van der Waals surface area (Å²) in [4.78, 5) is 15.3. The van der Waals surface area contributed by atoms with Crippen LogP contribution >= 0.6 is 12.4 Å². The Bertz CT molecular complexity index is 2020. The third kappa shape index (κ3) is 8.71. The lowest BCUT2D eigenvalue weighted by molar-refractivity contribution is -0.0412. The largest absolute Gasteiger partial charge is 0.507 e. The van der Waals surface area contributed by atoms with Crippen LogP contribution in [-0.2, 0) is 12.8 Å². The highest BCUT2D eigenvalue weighted by Crippen LogP contribution is 2.41. The molecule has 4 aromatic rings. The molecule has 1 aliphatic carbocycles. The van der Waals surface area contributed by atoms with E-state index in [-0.39, 0.29) is 35.9 Å². The molecule has 0 bridgehead atoms. The van der Waals surface area contributed by atoms with Gasteiger partial charge in [-0.25, -0.2) is 0 Å². The number of aliphatic hydroxyl groups excluding tert-OH is 1. The number of phenols is 1. The first-order chi connectivity index (χ1) is 24.8. The highest BCUT2D eigenvalue weighted by atomic mass is 35.5. The standard InChI is InChI=1S/C25H28O6.C20H21N.ClH/c1-24(2)9-8-16-20(30-24)7-6-14(23(16)29-5)11-18(26)17-10-15-12-22(28)25(3,4)31-21(15)13-19(17)27;1-21(2)15-7-12-20-18-10-5-3-8-16(18)13-14-17-9-4-6-11-19(17)20;/h6-10,13,22,27-28H,11-12H2,1-5H3;3-6,8-14H,7,15H2,1-2H3;1H. The Morgan fingerprint density at radius 1 is 0.906 bits per heavy atom. The lowest BCUT2D eigenvalue weighted by Gasteiger charge is -2.37. The van der Waals surface area contributed by atoms with E-state index in [1.54, 1.807) is 27.0 Å². The Hall–Kier alpha value is -4.82. The van der Waals surface area contributed by atoms with Crippen molar-refractivity contribution in [2.45, 2.75) is 64.3 Å². The molecule has 1 unspecified atom stereocenters. The molecule has 4 aromatic carbocycles. The molecular weight excluding hydrogens is 686 g/mol.